The lowest BCUT2D eigenvalue weighted by Gasteiger charge is -2.38. The fourth-order valence-electron chi connectivity index (χ4n) is 5.92. The summed E-state index contributed by atoms with van der Waals surface area (Å²) in [5.41, 5.74) is 0.570. The highest BCUT2D eigenvalue weighted by molar-refractivity contribution is 5.85. The number of ether oxygens (including phenoxy) is 1. The van der Waals surface area contributed by atoms with Gasteiger partial charge in [-0.05, 0) is 98.3 Å². The molecule has 2 aromatic carbocycles. The van der Waals surface area contributed by atoms with Gasteiger partial charge in [0.25, 0.3) is 0 Å². The lowest BCUT2D eigenvalue weighted by atomic mass is 9.68. The molecule has 0 bridgehead atoms. The predicted octanol–water partition coefficient (Wildman–Crippen LogP) is 8.56. The van der Waals surface area contributed by atoms with Crippen LogP contribution in [0.15, 0.2) is 36.4 Å². The van der Waals surface area contributed by atoms with Crippen molar-refractivity contribution >= 4 is 10.8 Å². The first kappa shape index (κ1) is 22.3. The molecule has 168 valence electrons. The highest BCUT2D eigenvalue weighted by atomic mass is 19.2. The van der Waals surface area contributed by atoms with Gasteiger partial charge in [0.15, 0.2) is 11.6 Å². The third kappa shape index (κ3) is 4.96. The Bertz CT molecular complexity index is 903. The highest BCUT2D eigenvalue weighted by Gasteiger charge is 2.32. The van der Waals surface area contributed by atoms with E-state index in [1.807, 2.05) is 37.3 Å². The fourth-order valence-corrected chi connectivity index (χ4v) is 5.92. The predicted molar refractivity (Wildman–Crippen MR) is 125 cm³/mol. The monoisotopic (exact) mass is 426 g/mol. The van der Waals surface area contributed by atoms with Gasteiger partial charge >= 0.3 is 0 Å². The van der Waals surface area contributed by atoms with Crippen molar-refractivity contribution in [1.82, 2.24) is 0 Å². The molecule has 0 aromatic heterocycles. The molecule has 3 heteroatoms. The average Bonchev–Trinajstić information content (AvgIpc) is 2.82. The van der Waals surface area contributed by atoms with Crippen LogP contribution in [-0.4, -0.2) is 6.61 Å². The first-order valence-electron chi connectivity index (χ1n) is 12.3. The maximum absolute atomic E-state index is 15.1. The van der Waals surface area contributed by atoms with E-state index in [0.717, 1.165) is 48.8 Å². The molecule has 0 amide bonds. The third-order valence-electron chi connectivity index (χ3n) is 7.95. The van der Waals surface area contributed by atoms with Crippen LogP contribution in [-0.2, 0) is 0 Å². The maximum Gasteiger partial charge on any atom is 0.167 e. The zero-order valence-corrected chi connectivity index (χ0v) is 19.0. The molecule has 0 saturated heterocycles. The Morgan fingerprint density at radius 1 is 0.903 bits per heavy atom. The number of benzene rings is 2. The van der Waals surface area contributed by atoms with Crippen LogP contribution in [0.5, 0.6) is 5.75 Å². The zero-order valence-electron chi connectivity index (χ0n) is 19.0. The summed E-state index contributed by atoms with van der Waals surface area (Å²) in [6.45, 7) is 4.66. The molecular weight excluding hydrogens is 390 g/mol. The smallest absolute Gasteiger partial charge is 0.167 e. The van der Waals surface area contributed by atoms with E-state index in [0.29, 0.717) is 23.3 Å². The summed E-state index contributed by atoms with van der Waals surface area (Å²) in [5, 5.41) is 1.06. The Labute approximate surface area is 185 Å². The lowest BCUT2D eigenvalue weighted by Crippen LogP contribution is -2.25. The third-order valence-corrected chi connectivity index (χ3v) is 7.95. The van der Waals surface area contributed by atoms with Crippen LogP contribution >= 0.6 is 0 Å². The molecule has 4 rings (SSSR count). The van der Waals surface area contributed by atoms with E-state index < -0.39 is 11.6 Å². The molecule has 2 aromatic rings. The van der Waals surface area contributed by atoms with Gasteiger partial charge in [0, 0.05) is 5.39 Å². The van der Waals surface area contributed by atoms with E-state index in [1.54, 1.807) is 6.07 Å². The molecule has 1 nitrogen and oxygen atoms in total. The minimum absolute atomic E-state index is 0.132. The quantitative estimate of drug-likeness (QED) is 0.420. The average molecular weight is 427 g/mol. The Hall–Kier alpha value is -1.90. The highest BCUT2D eigenvalue weighted by Crippen LogP contribution is 2.45. The largest absolute Gasteiger partial charge is 0.490 e. The number of allylic oxidation sites excluding steroid dienone is 1. The van der Waals surface area contributed by atoms with Gasteiger partial charge in [0.05, 0.1) is 0 Å². The van der Waals surface area contributed by atoms with Gasteiger partial charge in [0.1, 0.15) is 12.4 Å². The SMILES string of the molecule is CC=CCOc1ccc2cc(C3CCC(C4CCC(CC)CC4)CC3)c(F)c(F)c2c1. The van der Waals surface area contributed by atoms with Crippen molar-refractivity contribution in [3.05, 3.63) is 53.6 Å². The molecule has 31 heavy (non-hydrogen) atoms. The molecular formula is C28H36F2O. The first-order valence-corrected chi connectivity index (χ1v) is 12.3. The topological polar surface area (TPSA) is 9.23 Å². The molecule has 2 aliphatic carbocycles. The van der Waals surface area contributed by atoms with Gasteiger partial charge in [-0.2, -0.15) is 0 Å². The van der Waals surface area contributed by atoms with Crippen molar-refractivity contribution in [1.29, 1.82) is 0 Å². The normalized spacial score (nSPS) is 27.1. The minimum atomic E-state index is -0.732. The molecule has 0 radical (unpaired) electrons. The van der Waals surface area contributed by atoms with E-state index in [4.69, 9.17) is 4.74 Å². The summed E-state index contributed by atoms with van der Waals surface area (Å²) in [5.74, 6) is 1.86. The molecule has 0 aliphatic heterocycles. The molecule has 0 atom stereocenters. The van der Waals surface area contributed by atoms with Crippen molar-refractivity contribution in [3.63, 3.8) is 0 Å². The van der Waals surface area contributed by atoms with E-state index in [-0.39, 0.29) is 5.92 Å². The van der Waals surface area contributed by atoms with Crippen LogP contribution in [0, 0.1) is 29.4 Å². The second kappa shape index (κ2) is 10.1. The Kier molecular flexibility index (Phi) is 7.30. The first-order chi connectivity index (χ1) is 15.1. The Morgan fingerprint density at radius 2 is 1.58 bits per heavy atom. The van der Waals surface area contributed by atoms with Crippen molar-refractivity contribution < 1.29 is 13.5 Å². The van der Waals surface area contributed by atoms with Crippen molar-refractivity contribution in [2.75, 3.05) is 6.61 Å². The number of hydrogen-bond donors (Lipinski definition) is 0. The second-order valence-electron chi connectivity index (χ2n) is 9.66. The lowest BCUT2D eigenvalue weighted by molar-refractivity contribution is 0.158. The summed E-state index contributed by atoms with van der Waals surface area (Å²) in [7, 11) is 0. The Balaban J connectivity index is 1.45. The van der Waals surface area contributed by atoms with Crippen molar-refractivity contribution in [2.45, 2.75) is 77.6 Å². The number of hydrogen-bond acceptors (Lipinski definition) is 1. The zero-order chi connectivity index (χ0) is 21.8. The summed E-state index contributed by atoms with van der Waals surface area (Å²) in [4.78, 5) is 0. The standard InChI is InChI=1S/C28H36F2O/c1-3-5-16-31-24-15-14-23-17-25(27(29)28(30)26(23)18-24)22-12-10-21(11-13-22)20-8-6-19(4-2)7-9-20/h3,5,14-15,17-22H,4,6-13,16H2,1-2H3. The second-order valence-corrected chi connectivity index (χ2v) is 9.66. The van der Waals surface area contributed by atoms with Crippen LogP contribution in [0.25, 0.3) is 10.8 Å². The molecule has 2 aliphatic rings. The van der Waals surface area contributed by atoms with Crippen LogP contribution in [0.4, 0.5) is 8.78 Å². The van der Waals surface area contributed by atoms with Crippen LogP contribution in [0.1, 0.15) is 83.1 Å². The van der Waals surface area contributed by atoms with Gasteiger partial charge in [0.2, 0.25) is 0 Å². The summed E-state index contributed by atoms with van der Waals surface area (Å²) in [6.07, 6.45) is 14.9. The van der Waals surface area contributed by atoms with E-state index in [2.05, 4.69) is 6.92 Å². The van der Waals surface area contributed by atoms with Gasteiger partial charge in [-0.15, -0.1) is 0 Å². The van der Waals surface area contributed by atoms with E-state index in [9.17, 15) is 4.39 Å². The molecule has 0 spiro atoms. The number of halogens is 2. The maximum atomic E-state index is 15.1. The Morgan fingerprint density at radius 3 is 2.23 bits per heavy atom. The van der Waals surface area contributed by atoms with Crippen molar-refractivity contribution in [3.8, 4) is 5.75 Å². The summed E-state index contributed by atoms with van der Waals surface area (Å²) >= 11 is 0. The number of rotatable bonds is 6. The van der Waals surface area contributed by atoms with Gasteiger partial charge in [-0.1, -0.05) is 44.4 Å². The molecule has 2 saturated carbocycles. The van der Waals surface area contributed by atoms with E-state index in [1.165, 1.54) is 32.1 Å². The molecule has 2 fully saturated rings. The molecule has 0 heterocycles. The van der Waals surface area contributed by atoms with Crippen LogP contribution in [0.2, 0.25) is 0 Å². The van der Waals surface area contributed by atoms with Crippen LogP contribution < -0.4 is 4.74 Å². The summed E-state index contributed by atoms with van der Waals surface area (Å²) in [6, 6.07) is 7.19. The molecule has 0 unspecified atom stereocenters. The summed E-state index contributed by atoms with van der Waals surface area (Å²) < 4.78 is 35.6. The number of fused-ring (bicyclic) bond motifs is 1. The van der Waals surface area contributed by atoms with Gasteiger partial charge in [-0.3, -0.25) is 0 Å². The van der Waals surface area contributed by atoms with Crippen molar-refractivity contribution in [2.24, 2.45) is 17.8 Å². The fraction of sp³-hybridized carbons (Fsp3) is 0.571. The van der Waals surface area contributed by atoms with E-state index >= 15 is 4.39 Å². The van der Waals surface area contributed by atoms with Gasteiger partial charge in [-0.25, -0.2) is 8.78 Å². The minimum Gasteiger partial charge on any atom is -0.490 e. The molecule has 0 N–H and O–H groups in total. The van der Waals surface area contributed by atoms with Crippen LogP contribution in [0.3, 0.4) is 0 Å². The van der Waals surface area contributed by atoms with Gasteiger partial charge < -0.3 is 4.74 Å².